The molecule has 0 unspecified atom stereocenters. The summed E-state index contributed by atoms with van der Waals surface area (Å²) in [5, 5.41) is 6.74. The number of rotatable bonds is 2. The summed E-state index contributed by atoms with van der Waals surface area (Å²) in [7, 11) is 1.75. The fraction of sp³-hybridized carbons (Fsp3) is 0.154. The first-order chi connectivity index (χ1) is 9.22. The van der Waals surface area contributed by atoms with Crippen LogP contribution in [0.15, 0.2) is 30.7 Å². The van der Waals surface area contributed by atoms with E-state index in [9.17, 15) is 4.79 Å². The monoisotopic (exact) mass is 255 g/mol. The van der Waals surface area contributed by atoms with Gasteiger partial charge >= 0.3 is 0 Å². The maximum atomic E-state index is 12.2. The summed E-state index contributed by atoms with van der Waals surface area (Å²) in [6, 6.07) is 3.33. The molecule has 0 aliphatic carbocycles. The molecule has 0 aromatic carbocycles. The van der Waals surface area contributed by atoms with E-state index in [1.54, 1.807) is 42.5 Å². The summed E-state index contributed by atoms with van der Waals surface area (Å²) < 4.78 is 1.57. The Balaban J connectivity index is 2.26. The van der Waals surface area contributed by atoms with E-state index in [1.165, 1.54) is 0 Å². The summed E-state index contributed by atoms with van der Waals surface area (Å²) in [5.74, 6) is 5.89. The topological polar surface area (TPSA) is 85.8 Å². The second-order valence-corrected chi connectivity index (χ2v) is 3.72. The first-order valence-electron chi connectivity index (χ1n) is 5.64. The van der Waals surface area contributed by atoms with E-state index in [4.69, 9.17) is 5.73 Å². The first kappa shape index (κ1) is 12.8. The molecule has 0 atom stereocenters. The first-order valence-corrected chi connectivity index (χ1v) is 5.64. The Bertz CT molecular complexity index is 650. The standard InChI is InChI=1S/C13H13N5O/c1-18-12(5-8-16-18)17-13(19)11-4-7-15-9-10(11)3-2-6-14/h4-5,7-9H,6,14H2,1H3,(H,17,19). The van der Waals surface area contributed by atoms with Gasteiger partial charge in [0, 0.05) is 25.5 Å². The van der Waals surface area contributed by atoms with Gasteiger partial charge in [-0.1, -0.05) is 11.8 Å². The van der Waals surface area contributed by atoms with Crippen LogP contribution in [-0.2, 0) is 7.05 Å². The summed E-state index contributed by atoms with van der Waals surface area (Å²) in [5.41, 5.74) is 6.33. The zero-order chi connectivity index (χ0) is 13.7. The Morgan fingerprint density at radius 2 is 2.32 bits per heavy atom. The Morgan fingerprint density at radius 1 is 1.47 bits per heavy atom. The van der Waals surface area contributed by atoms with Crippen molar-refractivity contribution in [2.75, 3.05) is 11.9 Å². The van der Waals surface area contributed by atoms with Gasteiger partial charge in [0.2, 0.25) is 0 Å². The van der Waals surface area contributed by atoms with Gasteiger partial charge in [0.1, 0.15) is 5.82 Å². The van der Waals surface area contributed by atoms with Crippen LogP contribution in [0.5, 0.6) is 0 Å². The lowest BCUT2D eigenvalue weighted by molar-refractivity contribution is 0.102. The van der Waals surface area contributed by atoms with Crippen molar-refractivity contribution in [1.82, 2.24) is 14.8 Å². The average Bonchev–Trinajstić information content (AvgIpc) is 2.82. The van der Waals surface area contributed by atoms with E-state index in [0.29, 0.717) is 16.9 Å². The number of anilines is 1. The molecule has 0 radical (unpaired) electrons. The molecule has 0 saturated heterocycles. The number of nitrogens with zero attached hydrogens (tertiary/aromatic N) is 3. The van der Waals surface area contributed by atoms with Crippen LogP contribution in [-0.4, -0.2) is 27.2 Å². The second kappa shape index (κ2) is 5.80. The van der Waals surface area contributed by atoms with Crippen LogP contribution in [0.2, 0.25) is 0 Å². The normalized spacial score (nSPS) is 9.58. The molecule has 2 aromatic heterocycles. The molecular weight excluding hydrogens is 242 g/mol. The molecule has 6 heteroatoms. The van der Waals surface area contributed by atoms with Crippen molar-refractivity contribution >= 4 is 11.7 Å². The Morgan fingerprint density at radius 3 is 3.00 bits per heavy atom. The fourth-order valence-corrected chi connectivity index (χ4v) is 1.52. The minimum Gasteiger partial charge on any atom is -0.320 e. The summed E-state index contributed by atoms with van der Waals surface area (Å²) in [6.07, 6.45) is 4.70. The number of aryl methyl sites for hydroxylation is 1. The number of carbonyl (C=O) groups excluding carboxylic acids is 1. The van der Waals surface area contributed by atoms with Crippen molar-refractivity contribution in [2.24, 2.45) is 12.8 Å². The van der Waals surface area contributed by atoms with Crippen LogP contribution in [0.25, 0.3) is 0 Å². The lowest BCUT2D eigenvalue weighted by atomic mass is 10.1. The lowest BCUT2D eigenvalue weighted by Crippen LogP contribution is -2.16. The molecule has 2 aromatic rings. The van der Waals surface area contributed by atoms with Gasteiger partial charge in [-0.15, -0.1) is 0 Å². The van der Waals surface area contributed by atoms with Gasteiger partial charge in [-0.05, 0) is 6.07 Å². The van der Waals surface area contributed by atoms with Crippen LogP contribution in [0.3, 0.4) is 0 Å². The van der Waals surface area contributed by atoms with Gasteiger partial charge in [0.15, 0.2) is 0 Å². The molecule has 0 bridgehead atoms. The van der Waals surface area contributed by atoms with Gasteiger partial charge in [-0.25, -0.2) is 0 Å². The molecule has 6 nitrogen and oxygen atoms in total. The molecule has 3 N–H and O–H groups in total. The number of aromatic nitrogens is 3. The number of amides is 1. The highest BCUT2D eigenvalue weighted by atomic mass is 16.1. The highest BCUT2D eigenvalue weighted by Crippen LogP contribution is 2.10. The summed E-state index contributed by atoms with van der Waals surface area (Å²) >= 11 is 0. The molecule has 19 heavy (non-hydrogen) atoms. The maximum absolute atomic E-state index is 12.2. The highest BCUT2D eigenvalue weighted by Gasteiger charge is 2.11. The smallest absolute Gasteiger partial charge is 0.258 e. The SMILES string of the molecule is Cn1nccc1NC(=O)c1ccncc1C#CCN. The van der Waals surface area contributed by atoms with E-state index < -0.39 is 0 Å². The predicted octanol–water partition coefficient (Wildman–Crippen LogP) is 0.378. The van der Waals surface area contributed by atoms with Crippen molar-refractivity contribution in [1.29, 1.82) is 0 Å². The van der Waals surface area contributed by atoms with Crippen molar-refractivity contribution in [2.45, 2.75) is 0 Å². The van der Waals surface area contributed by atoms with Gasteiger partial charge in [0.25, 0.3) is 5.91 Å². The molecular formula is C13H13N5O. The van der Waals surface area contributed by atoms with Crippen molar-refractivity contribution < 1.29 is 4.79 Å². The van der Waals surface area contributed by atoms with Crippen LogP contribution >= 0.6 is 0 Å². The molecule has 0 aliphatic rings. The van der Waals surface area contributed by atoms with Crippen molar-refractivity contribution in [3.8, 4) is 11.8 Å². The van der Waals surface area contributed by atoms with Crippen LogP contribution < -0.4 is 11.1 Å². The molecule has 96 valence electrons. The zero-order valence-corrected chi connectivity index (χ0v) is 10.4. The Hall–Kier alpha value is -2.65. The molecule has 0 fully saturated rings. The molecule has 2 rings (SSSR count). The number of carbonyl (C=O) groups is 1. The van der Waals surface area contributed by atoms with Gasteiger partial charge in [-0.3, -0.25) is 14.5 Å². The van der Waals surface area contributed by atoms with Gasteiger partial charge in [-0.2, -0.15) is 5.10 Å². The third-order valence-electron chi connectivity index (χ3n) is 2.45. The van der Waals surface area contributed by atoms with Crippen molar-refractivity contribution in [3.05, 3.63) is 41.9 Å². The maximum Gasteiger partial charge on any atom is 0.258 e. The van der Waals surface area contributed by atoms with Gasteiger partial charge in [0.05, 0.1) is 23.9 Å². The molecule has 2 heterocycles. The average molecular weight is 255 g/mol. The Kier molecular flexibility index (Phi) is 3.90. The van der Waals surface area contributed by atoms with E-state index in [2.05, 4.69) is 27.2 Å². The summed E-state index contributed by atoms with van der Waals surface area (Å²) in [6.45, 7) is 0.234. The second-order valence-electron chi connectivity index (χ2n) is 3.72. The number of hydrogen-bond acceptors (Lipinski definition) is 4. The third-order valence-corrected chi connectivity index (χ3v) is 2.45. The number of nitrogens with one attached hydrogen (secondary N) is 1. The number of hydrogen-bond donors (Lipinski definition) is 2. The Labute approximate surface area is 110 Å². The minimum absolute atomic E-state index is 0.234. The van der Waals surface area contributed by atoms with Crippen LogP contribution in [0.4, 0.5) is 5.82 Å². The number of pyridine rings is 1. The van der Waals surface area contributed by atoms with E-state index in [-0.39, 0.29) is 12.5 Å². The van der Waals surface area contributed by atoms with E-state index in [1.807, 2.05) is 0 Å². The highest BCUT2D eigenvalue weighted by molar-refractivity contribution is 6.05. The molecule has 0 aliphatic heterocycles. The van der Waals surface area contributed by atoms with Crippen LogP contribution in [0.1, 0.15) is 15.9 Å². The predicted molar refractivity (Wildman–Crippen MR) is 71.3 cm³/mol. The zero-order valence-electron chi connectivity index (χ0n) is 10.4. The molecule has 0 saturated carbocycles. The summed E-state index contributed by atoms with van der Waals surface area (Å²) in [4.78, 5) is 16.1. The molecule has 0 spiro atoms. The largest absolute Gasteiger partial charge is 0.320 e. The van der Waals surface area contributed by atoms with Gasteiger partial charge < -0.3 is 11.1 Å². The molecule has 1 amide bonds. The van der Waals surface area contributed by atoms with E-state index in [0.717, 1.165) is 0 Å². The third kappa shape index (κ3) is 2.97. The fourth-order valence-electron chi connectivity index (χ4n) is 1.52. The lowest BCUT2D eigenvalue weighted by Gasteiger charge is -2.06. The van der Waals surface area contributed by atoms with Crippen molar-refractivity contribution in [3.63, 3.8) is 0 Å². The van der Waals surface area contributed by atoms with Crippen LogP contribution in [0, 0.1) is 11.8 Å². The quantitative estimate of drug-likeness (QED) is 0.759. The number of nitrogens with two attached hydrogens (primary N) is 1. The van der Waals surface area contributed by atoms with E-state index >= 15 is 0 Å². The minimum atomic E-state index is -0.257.